The van der Waals surface area contributed by atoms with E-state index in [4.69, 9.17) is 10.2 Å². The topological polar surface area (TPSA) is 60.8 Å². The van der Waals surface area contributed by atoms with Crippen LogP contribution in [0.15, 0.2) is 24.3 Å². The highest BCUT2D eigenvalue weighted by atomic mass is 19.3. The summed E-state index contributed by atoms with van der Waals surface area (Å²) in [7, 11) is 0. The quantitative estimate of drug-likeness (QED) is 0.796. The summed E-state index contributed by atoms with van der Waals surface area (Å²) in [4.78, 5) is 11.9. The van der Waals surface area contributed by atoms with E-state index < -0.39 is 18.9 Å². The van der Waals surface area contributed by atoms with Gasteiger partial charge in [-0.3, -0.25) is 0 Å². The first-order valence-corrected chi connectivity index (χ1v) is 5.02. The summed E-state index contributed by atoms with van der Waals surface area (Å²) in [5, 5.41) is 17.5. The second-order valence-corrected chi connectivity index (χ2v) is 3.41. The van der Waals surface area contributed by atoms with Crippen LogP contribution in [0.4, 0.5) is 14.5 Å². The fourth-order valence-electron chi connectivity index (χ4n) is 1.43. The molecule has 0 bridgehead atoms. The van der Waals surface area contributed by atoms with Crippen LogP contribution >= 0.6 is 0 Å². The van der Waals surface area contributed by atoms with Crippen LogP contribution in [0.25, 0.3) is 0 Å². The second kappa shape index (κ2) is 6.15. The Bertz CT molecular complexity index is 367. The summed E-state index contributed by atoms with van der Waals surface area (Å²) < 4.78 is 24.6. The number of benzene rings is 1. The standard InChI is InChI=1S/C11H13F2NO3/c12-10(13)7-14(5-6-15)9-3-1-8(2-4-9)11(16)17/h1-4,10,15H,5-7H2,(H,16,17). The molecule has 0 aromatic heterocycles. The number of anilines is 1. The lowest BCUT2D eigenvalue weighted by Gasteiger charge is -2.23. The molecule has 0 spiro atoms. The van der Waals surface area contributed by atoms with Crippen LogP contribution < -0.4 is 4.90 Å². The lowest BCUT2D eigenvalue weighted by Crippen LogP contribution is -2.31. The molecule has 0 aliphatic heterocycles. The minimum atomic E-state index is -2.51. The first-order chi connectivity index (χ1) is 8.04. The number of halogens is 2. The molecule has 0 saturated carbocycles. The predicted octanol–water partition coefficient (Wildman–Crippen LogP) is 1.45. The molecule has 0 unspecified atom stereocenters. The molecule has 17 heavy (non-hydrogen) atoms. The minimum absolute atomic E-state index is 0.0801. The van der Waals surface area contributed by atoms with E-state index in [1.807, 2.05) is 0 Å². The zero-order valence-electron chi connectivity index (χ0n) is 9.01. The Kier molecular flexibility index (Phi) is 4.84. The van der Waals surface area contributed by atoms with Crippen LogP contribution in [0.3, 0.4) is 0 Å². The van der Waals surface area contributed by atoms with Crippen molar-refractivity contribution in [3.05, 3.63) is 29.8 Å². The molecule has 6 heteroatoms. The molecule has 0 aliphatic rings. The number of hydrogen-bond acceptors (Lipinski definition) is 3. The normalized spacial score (nSPS) is 10.6. The molecule has 1 aromatic carbocycles. The third-order valence-electron chi connectivity index (χ3n) is 2.21. The fraction of sp³-hybridized carbons (Fsp3) is 0.364. The van der Waals surface area contributed by atoms with Gasteiger partial charge in [0.2, 0.25) is 0 Å². The summed E-state index contributed by atoms with van der Waals surface area (Å²) in [5.74, 6) is -1.07. The summed E-state index contributed by atoms with van der Waals surface area (Å²) in [6, 6.07) is 5.57. The van der Waals surface area contributed by atoms with Gasteiger partial charge in [-0.1, -0.05) is 0 Å². The van der Waals surface area contributed by atoms with Crippen LogP contribution in [-0.4, -0.2) is 42.3 Å². The second-order valence-electron chi connectivity index (χ2n) is 3.41. The van der Waals surface area contributed by atoms with Crippen molar-refractivity contribution in [1.82, 2.24) is 0 Å². The van der Waals surface area contributed by atoms with Gasteiger partial charge in [-0.25, -0.2) is 13.6 Å². The maximum Gasteiger partial charge on any atom is 0.335 e. The first-order valence-electron chi connectivity index (χ1n) is 5.02. The fourth-order valence-corrected chi connectivity index (χ4v) is 1.43. The Labute approximate surface area is 97.1 Å². The minimum Gasteiger partial charge on any atom is -0.478 e. The molecule has 0 saturated heterocycles. The van der Waals surface area contributed by atoms with Crippen LogP contribution in [0.1, 0.15) is 10.4 Å². The molecule has 2 N–H and O–H groups in total. The van der Waals surface area contributed by atoms with Crippen molar-refractivity contribution in [3.63, 3.8) is 0 Å². The molecule has 94 valence electrons. The average Bonchev–Trinajstić information content (AvgIpc) is 2.28. The zero-order chi connectivity index (χ0) is 12.8. The van der Waals surface area contributed by atoms with Gasteiger partial charge >= 0.3 is 5.97 Å². The van der Waals surface area contributed by atoms with Gasteiger partial charge in [-0.05, 0) is 24.3 Å². The number of carbonyl (C=O) groups is 1. The summed E-state index contributed by atoms with van der Waals surface area (Å²) in [6.45, 7) is -0.656. The maximum atomic E-state index is 12.3. The van der Waals surface area contributed by atoms with E-state index in [9.17, 15) is 13.6 Å². The van der Waals surface area contributed by atoms with Crippen molar-refractivity contribution in [3.8, 4) is 0 Å². The first kappa shape index (κ1) is 13.4. The molecular weight excluding hydrogens is 232 g/mol. The van der Waals surface area contributed by atoms with Crippen molar-refractivity contribution >= 4 is 11.7 Å². The SMILES string of the molecule is O=C(O)c1ccc(N(CCO)CC(F)F)cc1. The van der Waals surface area contributed by atoms with Crippen molar-refractivity contribution in [2.75, 3.05) is 24.6 Å². The Hall–Kier alpha value is -1.69. The number of hydrogen-bond donors (Lipinski definition) is 2. The molecule has 1 rings (SSSR count). The third kappa shape index (κ3) is 3.99. The van der Waals surface area contributed by atoms with E-state index in [0.717, 1.165) is 0 Å². The van der Waals surface area contributed by atoms with Crippen molar-refractivity contribution in [2.45, 2.75) is 6.43 Å². The van der Waals surface area contributed by atoms with Gasteiger partial charge in [0.25, 0.3) is 6.43 Å². The number of aromatic carboxylic acids is 1. The number of aliphatic hydroxyl groups excluding tert-OH is 1. The Balaban J connectivity index is 2.83. The molecule has 1 aromatic rings. The van der Waals surface area contributed by atoms with E-state index in [1.165, 1.54) is 29.2 Å². The summed E-state index contributed by atoms with van der Waals surface area (Å²) in [5.41, 5.74) is 0.555. The molecule has 0 atom stereocenters. The van der Waals surface area contributed by atoms with Gasteiger partial charge in [0.15, 0.2) is 0 Å². The van der Waals surface area contributed by atoms with Crippen LogP contribution in [0, 0.1) is 0 Å². The van der Waals surface area contributed by atoms with E-state index in [1.54, 1.807) is 0 Å². The molecule has 0 radical (unpaired) electrons. The molecule has 0 aliphatic carbocycles. The molecule has 0 fully saturated rings. The number of rotatable bonds is 6. The van der Waals surface area contributed by atoms with Crippen molar-refractivity contribution < 1.29 is 23.8 Å². The number of carboxylic acids is 1. The van der Waals surface area contributed by atoms with Gasteiger partial charge in [-0.15, -0.1) is 0 Å². The molecular formula is C11H13F2NO3. The van der Waals surface area contributed by atoms with Gasteiger partial charge in [0.05, 0.1) is 18.7 Å². The molecule has 0 amide bonds. The van der Waals surface area contributed by atoms with E-state index >= 15 is 0 Å². The zero-order valence-corrected chi connectivity index (χ0v) is 9.01. The van der Waals surface area contributed by atoms with Gasteiger partial charge in [0.1, 0.15) is 0 Å². The van der Waals surface area contributed by atoms with E-state index in [2.05, 4.69) is 0 Å². The number of alkyl halides is 2. The molecule has 0 heterocycles. The number of carboxylic acid groups (broad SMARTS) is 1. The van der Waals surface area contributed by atoms with Crippen molar-refractivity contribution in [1.29, 1.82) is 0 Å². The van der Waals surface area contributed by atoms with Gasteiger partial charge < -0.3 is 15.1 Å². The average molecular weight is 245 g/mol. The van der Waals surface area contributed by atoms with E-state index in [0.29, 0.717) is 5.69 Å². The Morgan fingerprint density at radius 2 is 1.88 bits per heavy atom. The highest BCUT2D eigenvalue weighted by Gasteiger charge is 2.12. The van der Waals surface area contributed by atoms with Crippen LogP contribution in [-0.2, 0) is 0 Å². The lowest BCUT2D eigenvalue weighted by molar-refractivity contribution is 0.0697. The summed E-state index contributed by atoms with van der Waals surface area (Å²) in [6.07, 6.45) is -2.51. The Morgan fingerprint density at radius 1 is 1.29 bits per heavy atom. The van der Waals surface area contributed by atoms with Crippen LogP contribution in [0.2, 0.25) is 0 Å². The molecule has 4 nitrogen and oxygen atoms in total. The number of nitrogens with zero attached hydrogens (tertiary/aromatic N) is 1. The van der Waals surface area contributed by atoms with Gasteiger partial charge in [0, 0.05) is 12.2 Å². The predicted molar refractivity (Wildman–Crippen MR) is 58.7 cm³/mol. The van der Waals surface area contributed by atoms with E-state index in [-0.39, 0.29) is 18.7 Å². The highest BCUT2D eigenvalue weighted by Crippen LogP contribution is 2.16. The van der Waals surface area contributed by atoms with Crippen LogP contribution in [0.5, 0.6) is 0 Å². The smallest absolute Gasteiger partial charge is 0.335 e. The Morgan fingerprint density at radius 3 is 2.29 bits per heavy atom. The third-order valence-corrected chi connectivity index (χ3v) is 2.21. The summed E-state index contributed by atoms with van der Waals surface area (Å²) >= 11 is 0. The number of aliphatic hydroxyl groups is 1. The highest BCUT2D eigenvalue weighted by molar-refractivity contribution is 5.88. The monoisotopic (exact) mass is 245 g/mol. The largest absolute Gasteiger partial charge is 0.478 e. The van der Waals surface area contributed by atoms with Crippen molar-refractivity contribution in [2.24, 2.45) is 0 Å². The maximum absolute atomic E-state index is 12.3. The van der Waals surface area contributed by atoms with Gasteiger partial charge in [-0.2, -0.15) is 0 Å². The lowest BCUT2D eigenvalue weighted by atomic mass is 10.2.